The number of hydrogen-bond acceptors (Lipinski definition) is 4. The smallest absolute Gasteiger partial charge is 0.316 e. The van der Waals surface area contributed by atoms with Gasteiger partial charge in [0.1, 0.15) is 6.10 Å². The van der Waals surface area contributed by atoms with Crippen molar-refractivity contribution in [3.63, 3.8) is 0 Å². The molecule has 1 aromatic rings. The van der Waals surface area contributed by atoms with Gasteiger partial charge < -0.3 is 10.1 Å². The van der Waals surface area contributed by atoms with Gasteiger partial charge in [0.15, 0.2) is 5.82 Å². The highest BCUT2D eigenvalue weighted by Gasteiger charge is 2.15. The molecule has 0 aliphatic carbocycles. The molecule has 1 aromatic heterocycles. The molecule has 1 N–H and O–H groups in total. The van der Waals surface area contributed by atoms with Crippen LogP contribution in [0.1, 0.15) is 12.8 Å². The van der Waals surface area contributed by atoms with Gasteiger partial charge in [-0.2, -0.15) is 0 Å². The summed E-state index contributed by atoms with van der Waals surface area (Å²) in [5.74, 6) is -0.445. The fourth-order valence-electron chi connectivity index (χ4n) is 1.43. The van der Waals surface area contributed by atoms with Crippen LogP contribution in [0.3, 0.4) is 0 Å². The molecule has 0 bridgehead atoms. The van der Waals surface area contributed by atoms with Gasteiger partial charge in [-0.1, -0.05) is 0 Å². The number of aromatic nitrogens is 2. The van der Waals surface area contributed by atoms with Crippen LogP contribution in [0, 0.1) is 5.82 Å². The van der Waals surface area contributed by atoms with Crippen LogP contribution >= 0.6 is 12.4 Å². The second-order valence-electron chi connectivity index (χ2n) is 3.27. The number of ether oxygens (including phenoxy) is 1. The van der Waals surface area contributed by atoms with Crippen LogP contribution in [-0.4, -0.2) is 29.2 Å². The SMILES string of the molecule is Cl.Fc1cnc(O[C@H]2CCCNC2)nc1. The minimum Gasteiger partial charge on any atom is -0.459 e. The van der Waals surface area contributed by atoms with E-state index in [0.717, 1.165) is 38.3 Å². The molecule has 2 rings (SSSR count). The molecule has 0 amide bonds. The lowest BCUT2D eigenvalue weighted by molar-refractivity contribution is 0.153. The summed E-state index contributed by atoms with van der Waals surface area (Å²) in [5.41, 5.74) is 0. The monoisotopic (exact) mass is 233 g/mol. The van der Waals surface area contributed by atoms with Crippen molar-refractivity contribution in [2.24, 2.45) is 0 Å². The van der Waals surface area contributed by atoms with Crippen LogP contribution in [0.25, 0.3) is 0 Å². The molecule has 0 aromatic carbocycles. The van der Waals surface area contributed by atoms with Crippen molar-refractivity contribution in [3.8, 4) is 6.01 Å². The first-order valence-corrected chi connectivity index (χ1v) is 4.69. The van der Waals surface area contributed by atoms with E-state index in [9.17, 15) is 4.39 Å². The summed E-state index contributed by atoms with van der Waals surface area (Å²) >= 11 is 0. The molecule has 2 heterocycles. The third-order valence-corrected chi connectivity index (χ3v) is 2.12. The van der Waals surface area contributed by atoms with Crippen LogP contribution in [-0.2, 0) is 0 Å². The molecule has 0 radical (unpaired) electrons. The van der Waals surface area contributed by atoms with E-state index in [1.165, 1.54) is 0 Å². The van der Waals surface area contributed by atoms with Crippen LogP contribution in [0.5, 0.6) is 6.01 Å². The highest BCUT2D eigenvalue weighted by molar-refractivity contribution is 5.85. The van der Waals surface area contributed by atoms with Gasteiger partial charge in [0.05, 0.1) is 12.4 Å². The number of halogens is 2. The topological polar surface area (TPSA) is 47.0 Å². The van der Waals surface area contributed by atoms with Crippen molar-refractivity contribution in [1.82, 2.24) is 15.3 Å². The largest absolute Gasteiger partial charge is 0.459 e. The normalized spacial score (nSPS) is 20.5. The maximum Gasteiger partial charge on any atom is 0.316 e. The molecule has 4 nitrogen and oxygen atoms in total. The zero-order chi connectivity index (χ0) is 9.80. The molecule has 15 heavy (non-hydrogen) atoms. The van der Waals surface area contributed by atoms with Gasteiger partial charge in [0.25, 0.3) is 0 Å². The summed E-state index contributed by atoms with van der Waals surface area (Å²) in [6.45, 7) is 1.84. The average Bonchev–Trinajstić information content (AvgIpc) is 2.23. The van der Waals surface area contributed by atoms with Gasteiger partial charge in [-0.15, -0.1) is 12.4 Å². The van der Waals surface area contributed by atoms with Crippen LogP contribution < -0.4 is 10.1 Å². The zero-order valence-corrected chi connectivity index (χ0v) is 8.97. The number of nitrogens with zero attached hydrogens (tertiary/aromatic N) is 2. The number of hydrogen-bond donors (Lipinski definition) is 1. The fourth-order valence-corrected chi connectivity index (χ4v) is 1.43. The Morgan fingerprint density at radius 2 is 2.13 bits per heavy atom. The second kappa shape index (κ2) is 5.82. The summed E-state index contributed by atoms with van der Waals surface area (Å²) in [6, 6.07) is 0.250. The summed E-state index contributed by atoms with van der Waals surface area (Å²) < 4.78 is 17.9. The van der Waals surface area contributed by atoms with Gasteiger partial charge in [-0.25, -0.2) is 14.4 Å². The zero-order valence-electron chi connectivity index (χ0n) is 8.15. The molecule has 1 saturated heterocycles. The van der Waals surface area contributed by atoms with E-state index in [1.54, 1.807) is 0 Å². The Bertz CT molecular complexity index is 290. The molecule has 84 valence electrons. The Morgan fingerprint density at radius 3 is 2.73 bits per heavy atom. The molecule has 1 atom stereocenters. The Hall–Kier alpha value is -0.940. The lowest BCUT2D eigenvalue weighted by atomic mass is 10.1. The molecular formula is C9H13ClFN3O. The summed E-state index contributed by atoms with van der Waals surface area (Å²) in [4.78, 5) is 7.47. The fraction of sp³-hybridized carbons (Fsp3) is 0.556. The number of rotatable bonds is 2. The van der Waals surface area contributed by atoms with Gasteiger partial charge in [-0.3, -0.25) is 0 Å². The molecular weight excluding hydrogens is 221 g/mol. The van der Waals surface area contributed by atoms with Crippen molar-refractivity contribution in [3.05, 3.63) is 18.2 Å². The van der Waals surface area contributed by atoms with Crippen molar-refractivity contribution in [2.75, 3.05) is 13.1 Å². The average molecular weight is 234 g/mol. The van der Waals surface area contributed by atoms with E-state index in [2.05, 4.69) is 15.3 Å². The molecule has 1 aliphatic rings. The standard InChI is InChI=1S/C9H12FN3O.ClH/c10-7-4-12-9(13-5-7)14-8-2-1-3-11-6-8;/h4-5,8,11H,1-3,6H2;1H/t8-;/m0./s1. The van der Waals surface area contributed by atoms with E-state index < -0.39 is 5.82 Å². The first kappa shape index (κ1) is 12.1. The Morgan fingerprint density at radius 1 is 1.40 bits per heavy atom. The predicted octanol–water partition coefficient (Wildman–Crippen LogP) is 1.17. The Labute approximate surface area is 93.7 Å². The van der Waals surface area contributed by atoms with E-state index in [4.69, 9.17) is 4.74 Å². The third-order valence-electron chi connectivity index (χ3n) is 2.12. The second-order valence-corrected chi connectivity index (χ2v) is 3.27. The van der Waals surface area contributed by atoms with Crippen LogP contribution in [0.15, 0.2) is 12.4 Å². The van der Waals surface area contributed by atoms with E-state index in [1.807, 2.05) is 0 Å². The molecule has 0 spiro atoms. The minimum absolute atomic E-state index is 0. The maximum atomic E-state index is 12.5. The van der Waals surface area contributed by atoms with E-state index in [-0.39, 0.29) is 24.5 Å². The minimum atomic E-state index is -0.445. The first-order chi connectivity index (χ1) is 6.84. The molecule has 1 aliphatic heterocycles. The van der Waals surface area contributed by atoms with Crippen LogP contribution in [0.2, 0.25) is 0 Å². The molecule has 0 unspecified atom stereocenters. The highest BCUT2D eigenvalue weighted by Crippen LogP contribution is 2.09. The van der Waals surface area contributed by atoms with Crippen molar-refractivity contribution < 1.29 is 9.13 Å². The van der Waals surface area contributed by atoms with Crippen LogP contribution in [0.4, 0.5) is 4.39 Å². The van der Waals surface area contributed by atoms with Gasteiger partial charge in [0.2, 0.25) is 0 Å². The molecule has 6 heteroatoms. The third kappa shape index (κ3) is 3.60. The van der Waals surface area contributed by atoms with E-state index >= 15 is 0 Å². The van der Waals surface area contributed by atoms with Gasteiger partial charge in [0, 0.05) is 6.54 Å². The lowest BCUT2D eigenvalue weighted by Crippen LogP contribution is -2.37. The van der Waals surface area contributed by atoms with Crippen molar-refractivity contribution in [2.45, 2.75) is 18.9 Å². The van der Waals surface area contributed by atoms with Gasteiger partial charge in [-0.05, 0) is 19.4 Å². The summed E-state index contributed by atoms with van der Waals surface area (Å²) in [5, 5.41) is 3.21. The first-order valence-electron chi connectivity index (χ1n) is 4.69. The Kier molecular flexibility index (Phi) is 4.71. The van der Waals surface area contributed by atoms with E-state index in [0.29, 0.717) is 0 Å². The molecule has 1 fully saturated rings. The quantitative estimate of drug-likeness (QED) is 0.833. The predicted molar refractivity (Wildman–Crippen MR) is 55.8 cm³/mol. The highest BCUT2D eigenvalue weighted by atomic mass is 35.5. The Balaban J connectivity index is 0.00000112. The van der Waals surface area contributed by atoms with Gasteiger partial charge >= 0.3 is 6.01 Å². The van der Waals surface area contributed by atoms with Crippen molar-refractivity contribution >= 4 is 12.4 Å². The lowest BCUT2D eigenvalue weighted by Gasteiger charge is -2.22. The van der Waals surface area contributed by atoms with Crippen molar-refractivity contribution in [1.29, 1.82) is 0 Å². The number of piperidine rings is 1. The maximum absolute atomic E-state index is 12.5. The summed E-state index contributed by atoms with van der Waals surface area (Å²) in [6.07, 6.45) is 4.41. The number of nitrogens with one attached hydrogen (secondary N) is 1. The molecule has 0 saturated carbocycles. The summed E-state index contributed by atoms with van der Waals surface area (Å²) in [7, 11) is 0.